The predicted molar refractivity (Wildman–Crippen MR) is 128 cm³/mol. The summed E-state index contributed by atoms with van der Waals surface area (Å²) >= 11 is 0. The van der Waals surface area contributed by atoms with Gasteiger partial charge in [0.05, 0.1) is 0 Å². The van der Waals surface area contributed by atoms with Gasteiger partial charge in [0.2, 0.25) is 0 Å². The van der Waals surface area contributed by atoms with Crippen LogP contribution in [0.2, 0.25) is 0 Å². The summed E-state index contributed by atoms with van der Waals surface area (Å²) in [6.07, 6.45) is 20.4. The third-order valence-corrected chi connectivity index (χ3v) is 4.71. The molecule has 164 valence electrons. The third kappa shape index (κ3) is 9.02. The largest absolute Gasteiger partial charge is 2.00 e. The topological polar surface area (TPSA) is 32.7 Å². The Labute approximate surface area is 205 Å². The first-order valence-electron chi connectivity index (χ1n) is 10.4. The van der Waals surface area contributed by atoms with Crippen molar-refractivity contribution < 1.29 is 26.9 Å². The molecule has 0 atom stereocenters. The molecule has 0 aromatic heterocycles. The van der Waals surface area contributed by atoms with Crippen LogP contribution in [0.1, 0.15) is 11.1 Å². The molecule has 2 fully saturated rings. The Morgan fingerprint density at radius 3 is 1.78 bits per heavy atom. The van der Waals surface area contributed by atoms with Crippen molar-refractivity contribution in [2.75, 3.05) is 27.2 Å². The Kier molecular flexibility index (Phi) is 11.9. The smallest absolute Gasteiger partial charge is 0.508 e. The maximum Gasteiger partial charge on any atom is 2.00 e. The average molecular weight is 467 g/mol. The molecule has 4 heteroatoms. The summed E-state index contributed by atoms with van der Waals surface area (Å²) in [4.78, 5) is 2.10. The zero-order valence-corrected chi connectivity index (χ0v) is 19.6. The summed E-state index contributed by atoms with van der Waals surface area (Å²) in [6, 6.07) is 15.5. The molecule has 0 amide bonds. The first-order chi connectivity index (χ1) is 15.1. The zero-order chi connectivity index (χ0) is 21.9. The molecule has 0 heterocycles. The Morgan fingerprint density at radius 2 is 1.28 bits per heavy atom. The van der Waals surface area contributed by atoms with Crippen molar-refractivity contribution in [2.24, 2.45) is 0 Å². The average Bonchev–Trinajstić information content (AvgIpc) is 3.50. The van der Waals surface area contributed by atoms with Crippen LogP contribution in [-0.4, -0.2) is 37.3 Å². The monoisotopic (exact) mass is 467 g/mol. The SMILES string of the molecule is CN(C)CCOc1ccc(/C(=C/[C]2[CH][CH][CH][CH]2)c2ccc(O)cc2)cc1.[CH]1[CH][CH][CH][CH]1.[Fe+2]. The third-order valence-electron chi connectivity index (χ3n) is 4.71. The number of phenols is 1. The van der Waals surface area contributed by atoms with Gasteiger partial charge in [0.15, 0.2) is 0 Å². The minimum Gasteiger partial charge on any atom is -0.508 e. The van der Waals surface area contributed by atoms with Gasteiger partial charge in [-0.3, -0.25) is 0 Å². The van der Waals surface area contributed by atoms with E-state index in [-0.39, 0.29) is 22.8 Å². The van der Waals surface area contributed by atoms with Gasteiger partial charge in [-0.15, -0.1) is 0 Å². The standard InChI is InChI=1S/C23H24NO2.C5H5.Fe/c1-24(2)15-16-26-22-13-9-20(10-14-22)23(17-18-5-3-4-6-18)19-7-11-21(25)12-8-19;1-2-4-5-3-1;/h3-14,17,25H,15-16H2,1-2H3;1-5H;/q;;+2/b23-17+;;. The molecule has 2 aromatic rings. The van der Waals surface area contributed by atoms with E-state index in [2.05, 4.69) is 36.0 Å². The number of benzene rings is 2. The van der Waals surface area contributed by atoms with Crippen molar-refractivity contribution in [3.63, 3.8) is 0 Å². The minimum absolute atomic E-state index is 0. The summed E-state index contributed by atoms with van der Waals surface area (Å²) in [5.41, 5.74) is 3.28. The Morgan fingerprint density at radius 1 is 0.781 bits per heavy atom. The van der Waals surface area contributed by atoms with Gasteiger partial charge in [0.25, 0.3) is 0 Å². The number of phenolic OH excluding ortho intramolecular Hbond substituents is 1. The fourth-order valence-corrected chi connectivity index (χ4v) is 3.02. The van der Waals surface area contributed by atoms with Gasteiger partial charge in [0, 0.05) is 12.5 Å². The van der Waals surface area contributed by atoms with Gasteiger partial charge in [-0.05, 0) is 113 Å². The quantitative estimate of drug-likeness (QED) is 0.569. The second-order valence-corrected chi connectivity index (χ2v) is 7.46. The number of nitrogens with zero attached hydrogens (tertiary/aromatic N) is 1. The van der Waals surface area contributed by atoms with E-state index < -0.39 is 0 Å². The van der Waals surface area contributed by atoms with Crippen LogP contribution in [0.5, 0.6) is 11.5 Å². The first-order valence-corrected chi connectivity index (χ1v) is 10.4. The molecule has 0 spiro atoms. The molecule has 0 aliphatic heterocycles. The molecule has 2 aliphatic rings. The number of likely N-dealkylation sites (N-methyl/N-ethyl adjacent to an activating group) is 1. The number of rotatable bonds is 7. The van der Waals surface area contributed by atoms with Crippen molar-refractivity contribution in [3.8, 4) is 11.5 Å². The van der Waals surface area contributed by atoms with Crippen LogP contribution in [0, 0.1) is 63.7 Å². The van der Waals surface area contributed by atoms with Gasteiger partial charge in [-0.1, -0.05) is 30.3 Å². The van der Waals surface area contributed by atoms with E-state index in [1.54, 1.807) is 12.1 Å². The van der Waals surface area contributed by atoms with Crippen LogP contribution >= 0.6 is 0 Å². The summed E-state index contributed by atoms with van der Waals surface area (Å²) in [7, 11) is 4.07. The van der Waals surface area contributed by atoms with Crippen molar-refractivity contribution in [1.29, 1.82) is 0 Å². The maximum atomic E-state index is 9.58. The molecule has 10 radical (unpaired) electrons. The molecule has 0 unspecified atom stereocenters. The van der Waals surface area contributed by atoms with Crippen LogP contribution in [0.25, 0.3) is 5.57 Å². The normalized spacial score (nSPS) is 16.4. The molecule has 3 nitrogen and oxygen atoms in total. The Bertz CT molecular complexity index is 782. The van der Waals surface area contributed by atoms with E-state index in [0.717, 1.165) is 34.9 Å². The Balaban J connectivity index is 0.000000534. The molecule has 2 aliphatic carbocycles. The van der Waals surface area contributed by atoms with Crippen LogP contribution in [0.15, 0.2) is 54.6 Å². The molecule has 2 saturated carbocycles. The van der Waals surface area contributed by atoms with Crippen LogP contribution in [-0.2, 0) is 17.1 Å². The van der Waals surface area contributed by atoms with E-state index in [1.165, 1.54) is 0 Å². The molecular weight excluding hydrogens is 438 g/mol. The van der Waals surface area contributed by atoms with Crippen LogP contribution < -0.4 is 4.74 Å². The van der Waals surface area contributed by atoms with E-state index in [4.69, 9.17) is 4.74 Å². The van der Waals surface area contributed by atoms with Crippen LogP contribution in [0.4, 0.5) is 0 Å². The van der Waals surface area contributed by atoms with Crippen LogP contribution in [0.3, 0.4) is 0 Å². The first kappa shape index (κ1) is 26.5. The maximum absolute atomic E-state index is 9.58. The zero-order valence-electron chi connectivity index (χ0n) is 18.5. The minimum atomic E-state index is 0. The van der Waals surface area contributed by atoms with Crippen molar-refractivity contribution in [1.82, 2.24) is 4.90 Å². The molecule has 1 N–H and O–H groups in total. The number of ether oxygens (including phenoxy) is 1. The second kappa shape index (κ2) is 14.4. The summed E-state index contributed by atoms with van der Waals surface area (Å²) in [5.74, 6) is 2.29. The molecule has 4 rings (SSSR count). The molecule has 2 aromatic carbocycles. The molecular formula is C28H29FeNO2+2. The number of allylic oxidation sites excluding steroid dienone is 1. The van der Waals surface area contributed by atoms with Gasteiger partial charge >= 0.3 is 17.1 Å². The number of aromatic hydroxyl groups is 1. The molecule has 0 bridgehead atoms. The van der Waals surface area contributed by atoms with Gasteiger partial charge in [-0.2, -0.15) is 0 Å². The van der Waals surface area contributed by atoms with E-state index in [0.29, 0.717) is 6.61 Å². The van der Waals surface area contributed by atoms with E-state index >= 15 is 0 Å². The summed E-state index contributed by atoms with van der Waals surface area (Å²) in [5, 5.41) is 9.58. The van der Waals surface area contributed by atoms with E-state index in [9.17, 15) is 5.11 Å². The van der Waals surface area contributed by atoms with Gasteiger partial charge in [-0.25, -0.2) is 0 Å². The summed E-state index contributed by atoms with van der Waals surface area (Å²) in [6.45, 7) is 1.55. The van der Waals surface area contributed by atoms with Gasteiger partial charge < -0.3 is 14.7 Å². The second-order valence-electron chi connectivity index (χ2n) is 7.46. The number of hydrogen-bond donors (Lipinski definition) is 1. The van der Waals surface area contributed by atoms with Crippen molar-refractivity contribution in [3.05, 3.63) is 129 Å². The summed E-state index contributed by atoms with van der Waals surface area (Å²) < 4.78 is 5.78. The van der Waals surface area contributed by atoms with Gasteiger partial charge in [0.1, 0.15) is 18.1 Å². The molecule has 0 saturated heterocycles. The Hall–Kier alpha value is -1.74. The number of hydrogen-bond acceptors (Lipinski definition) is 3. The van der Waals surface area contributed by atoms with Crippen molar-refractivity contribution in [2.45, 2.75) is 0 Å². The van der Waals surface area contributed by atoms with Crippen molar-refractivity contribution >= 4 is 5.57 Å². The fraction of sp³-hybridized carbons (Fsp3) is 0.143. The predicted octanol–water partition coefficient (Wildman–Crippen LogP) is 5.19. The van der Waals surface area contributed by atoms with E-state index in [1.807, 2.05) is 83.3 Å². The fourth-order valence-electron chi connectivity index (χ4n) is 3.02. The molecule has 32 heavy (non-hydrogen) atoms.